The molecule has 136 valence electrons. The van der Waals surface area contributed by atoms with Gasteiger partial charge < -0.3 is 9.84 Å². The van der Waals surface area contributed by atoms with Gasteiger partial charge in [0.05, 0.1) is 16.8 Å². The summed E-state index contributed by atoms with van der Waals surface area (Å²) in [5, 5.41) is 9.41. The molecule has 0 aliphatic rings. The second kappa shape index (κ2) is 7.14. The van der Waals surface area contributed by atoms with Crippen molar-refractivity contribution in [1.29, 1.82) is 0 Å². The highest BCUT2D eigenvalue weighted by Gasteiger charge is 2.29. The molecule has 3 aromatic heterocycles. The van der Waals surface area contributed by atoms with E-state index in [1.807, 2.05) is 0 Å². The fraction of sp³-hybridized carbons (Fsp3) is 0.294. The van der Waals surface area contributed by atoms with E-state index in [1.165, 1.54) is 16.2 Å². The van der Waals surface area contributed by atoms with Crippen LogP contribution in [0.4, 0.5) is 16.4 Å². The van der Waals surface area contributed by atoms with Gasteiger partial charge in [-0.2, -0.15) is 4.98 Å². The average molecular weight is 393 g/mol. The van der Waals surface area contributed by atoms with Crippen molar-refractivity contribution in [2.75, 3.05) is 4.90 Å². The number of amides is 1. The van der Waals surface area contributed by atoms with Gasteiger partial charge >= 0.3 is 6.09 Å². The van der Waals surface area contributed by atoms with Crippen LogP contribution < -0.4 is 4.90 Å². The van der Waals surface area contributed by atoms with Crippen molar-refractivity contribution in [2.24, 2.45) is 0 Å². The Morgan fingerprint density at radius 2 is 2.12 bits per heavy atom. The highest BCUT2D eigenvalue weighted by atomic mass is 35.5. The summed E-state index contributed by atoms with van der Waals surface area (Å²) in [6.45, 7) is 5.19. The zero-order valence-corrected chi connectivity index (χ0v) is 16.0. The fourth-order valence-corrected chi connectivity index (χ4v) is 3.35. The molecule has 0 saturated heterocycles. The molecule has 3 aromatic rings. The second-order valence-corrected chi connectivity index (χ2v) is 7.88. The summed E-state index contributed by atoms with van der Waals surface area (Å²) in [4.78, 5) is 27.5. The van der Waals surface area contributed by atoms with Gasteiger partial charge in [0.1, 0.15) is 11.4 Å². The maximum atomic E-state index is 12.9. The van der Waals surface area contributed by atoms with Gasteiger partial charge in [-0.25, -0.2) is 19.7 Å². The normalized spacial score (nSPS) is 11.6. The number of pyridine rings is 1. The summed E-state index contributed by atoms with van der Waals surface area (Å²) < 4.78 is 6.14. The van der Waals surface area contributed by atoms with Crippen LogP contribution in [0, 0.1) is 0 Å². The first-order valence-corrected chi connectivity index (χ1v) is 8.99. The fourth-order valence-electron chi connectivity index (χ4n) is 2.25. The molecule has 0 aromatic carbocycles. The Hall–Kier alpha value is -2.29. The maximum absolute atomic E-state index is 12.9. The SMILES string of the molecule is CC(C)(C)OC(=O)N(c1ccccn1)c1nc(Cl)nc2cc(CO)sc12. The maximum Gasteiger partial charge on any atom is 0.421 e. The topological polar surface area (TPSA) is 88.4 Å². The number of rotatable bonds is 3. The van der Waals surface area contributed by atoms with Crippen LogP contribution in [-0.4, -0.2) is 31.8 Å². The first-order valence-electron chi connectivity index (χ1n) is 7.79. The van der Waals surface area contributed by atoms with Crippen molar-refractivity contribution in [2.45, 2.75) is 33.0 Å². The van der Waals surface area contributed by atoms with E-state index in [1.54, 1.807) is 51.2 Å². The minimum Gasteiger partial charge on any atom is -0.443 e. The molecule has 1 N–H and O–H groups in total. The molecule has 0 radical (unpaired) electrons. The quantitative estimate of drug-likeness (QED) is 0.668. The Morgan fingerprint density at radius 1 is 1.35 bits per heavy atom. The predicted octanol–water partition coefficient (Wildman–Crippen LogP) is 4.31. The molecule has 0 saturated carbocycles. The van der Waals surface area contributed by atoms with Gasteiger partial charge in [-0.3, -0.25) is 0 Å². The minimum absolute atomic E-state index is 0.0146. The molecule has 0 spiro atoms. The molecule has 3 rings (SSSR count). The summed E-state index contributed by atoms with van der Waals surface area (Å²) in [6, 6.07) is 6.89. The van der Waals surface area contributed by atoms with Crippen LogP contribution in [0.3, 0.4) is 0 Å². The van der Waals surface area contributed by atoms with E-state index in [-0.39, 0.29) is 17.7 Å². The second-order valence-electron chi connectivity index (χ2n) is 6.41. The summed E-state index contributed by atoms with van der Waals surface area (Å²) in [5.74, 6) is 0.606. The van der Waals surface area contributed by atoms with Crippen LogP contribution in [0.2, 0.25) is 5.28 Å². The molecule has 0 bridgehead atoms. The van der Waals surface area contributed by atoms with Gasteiger partial charge in [0.2, 0.25) is 5.28 Å². The van der Waals surface area contributed by atoms with Crippen molar-refractivity contribution in [3.63, 3.8) is 0 Å². The number of aliphatic hydroxyl groups is 1. The summed E-state index contributed by atoms with van der Waals surface area (Å²) >= 11 is 7.35. The molecule has 0 fully saturated rings. The first-order chi connectivity index (χ1) is 12.3. The van der Waals surface area contributed by atoms with Crippen molar-refractivity contribution >= 4 is 50.9 Å². The number of hydrogen-bond acceptors (Lipinski definition) is 7. The highest BCUT2D eigenvalue weighted by Crippen LogP contribution is 2.36. The molecular formula is C17H17ClN4O3S. The number of thiophene rings is 1. The molecule has 0 atom stereocenters. The van der Waals surface area contributed by atoms with E-state index >= 15 is 0 Å². The monoisotopic (exact) mass is 392 g/mol. The zero-order valence-electron chi connectivity index (χ0n) is 14.4. The molecular weight excluding hydrogens is 376 g/mol. The van der Waals surface area contributed by atoms with Crippen molar-refractivity contribution in [3.05, 3.63) is 40.6 Å². The standard InChI is InChI=1S/C17H17ClN4O3S/c1-17(2,3)25-16(24)22(12-6-4-5-7-19-12)14-13-11(20-15(18)21-14)8-10(9-23)26-13/h4-8,23H,9H2,1-3H3. The number of hydrogen-bond donors (Lipinski definition) is 1. The smallest absolute Gasteiger partial charge is 0.421 e. The molecule has 1 amide bonds. The summed E-state index contributed by atoms with van der Waals surface area (Å²) in [6.07, 6.45) is 0.937. The Balaban J connectivity index is 2.20. The number of ether oxygens (including phenoxy) is 1. The third-order valence-corrected chi connectivity index (χ3v) is 4.47. The third kappa shape index (κ3) is 3.92. The number of aliphatic hydroxyl groups excluding tert-OH is 1. The Bertz CT molecular complexity index is 940. The molecule has 26 heavy (non-hydrogen) atoms. The number of fused-ring (bicyclic) bond motifs is 1. The molecule has 7 nitrogen and oxygen atoms in total. The van der Waals surface area contributed by atoms with Crippen molar-refractivity contribution in [1.82, 2.24) is 15.0 Å². The van der Waals surface area contributed by atoms with Gasteiger partial charge in [0, 0.05) is 11.1 Å². The molecule has 9 heteroatoms. The van der Waals surface area contributed by atoms with E-state index in [0.717, 1.165) is 0 Å². The average Bonchev–Trinajstić information content (AvgIpc) is 2.97. The van der Waals surface area contributed by atoms with Crippen LogP contribution in [0.5, 0.6) is 0 Å². The van der Waals surface area contributed by atoms with E-state index < -0.39 is 11.7 Å². The van der Waals surface area contributed by atoms with Crippen LogP contribution >= 0.6 is 22.9 Å². The van der Waals surface area contributed by atoms with E-state index in [4.69, 9.17) is 16.3 Å². The lowest BCUT2D eigenvalue weighted by Gasteiger charge is -2.26. The lowest BCUT2D eigenvalue weighted by Crippen LogP contribution is -2.34. The minimum atomic E-state index is -0.703. The number of halogens is 1. The Labute approximate surface area is 159 Å². The van der Waals surface area contributed by atoms with E-state index in [0.29, 0.717) is 20.9 Å². The van der Waals surface area contributed by atoms with Crippen LogP contribution in [0.15, 0.2) is 30.5 Å². The van der Waals surface area contributed by atoms with Gasteiger partial charge in [-0.15, -0.1) is 11.3 Å². The zero-order chi connectivity index (χ0) is 18.9. The lowest BCUT2D eigenvalue weighted by molar-refractivity contribution is 0.0597. The van der Waals surface area contributed by atoms with Gasteiger partial charge in [0.25, 0.3) is 0 Å². The van der Waals surface area contributed by atoms with Crippen LogP contribution in [0.25, 0.3) is 10.2 Å². The van der Waals surface area contributed by atoms with Crippen LogP contribution in [-0.2, 0) is 11.3 Å². The van der Waals surface area contributed by atoms with Gasteiger partial charge in [0.15, 0.2) is 5.82 Å². The number of carbonyl (C=O) groups excluding carboxylic acids is 1. The largest absolute Gasteiger partial charge is 0.443 e. The van der Waals surface area contributed by atoms with Crippen molar-refractivity contribution in [3.8, 4) is 0 Å². The molecule has 3 heterocycles. The molecule has 0 aliphatic carbocycles. The Morgan fingerprint density at radius 3 is 2.73 bits per heavy atom. The van der Waals surface area contributed by atoms with Gasteiger partial charge in [-0.05, 0) is 50.6 Å². The van der Waals surface area contributed by atoms with E-state index in [2.05, 4.69) is 15.0 Å². The van der Waals surface area contributed by atoms with E-state index in [9.17, 15) is 9.90 Å². The van der Waals surface area contributed by atoms with Crippen LogP contribution in [0.1, 0.15) is 25.6 Å². The summed E-state index contributed by atoms with van der Waals surface area (Å²) in [5.41, 5.74) is -0.162. The molecule has 0 aliphatic heterocycles. The number of anilines is 2. The van der Waals surface area contributed by atoms with Gasteiger partial charge in [-0.1, -0.05) is 6.07 Å². The number of nitrogens with zero attached hydrogens (tertiary/aromatic N) is 4. The first kappa shape index (κ1) is 18.5. The number of aromatic nitrogens is 3. The third-order valence-electron chi connectivity index (χ3n) is 3.20. The number of carbonyl (C=O) groups is 1. The predicted molar refractivity (Wildman–Crippen MR) is 101 cm³/mol. The lowest BCUT2D eigenvalue weighted by atomic mass is 10.2. The molecule has 0 unspecified atom stereocenters. The van der Waals surface area contributed by atoms with Crippen molar-refractivity contribution < 1.29 is 14.6 Å². The Kier molecular flexibility index (Phi) is 5.08. The summed E-state index contributed by atoms with van der Waals surface area (Å²) in [7, 11) is 0. The highest BCUT2D eigenvalue weighted by molar-refractivity contribution is 7.19.